The van der Waals surface area contributed by atoms with Crippen molar-refractivity contribution in [1.29, 1.82) is 0 Å². The highest BCUT2D eigenvalue weighted by Gasteiger charge is 2.23. The summed E-state index contributed by atoms with van der Waals surface area (Å²) in [7, 11) is 1.54. The summed E-state index contributed by atoms with van der Waals surface area (Å²) in [6.07, 6.45) is 2.64. The summed E-state index contributed by atoms with van der Waals surface area (Å²) in [6.45, 7) is 7.02. The molecular formula is C36H36N4O3. The molecule has 0 unspecified atom stereocenters. The molecule has 1 aromatic heterocycles. The SMILES string of the molecule is COc1ccc(C(C)(C)C)cc1NC(=O)C(=O)c1ccc(Nc2ccnc(NCCc3ccccc3)c2)c2ccccc12. The van der Waals surface area contributed by atoms with Gasteiger partial charge in [0.15, 0.2) is 0 Å². The maximum absolute atomic E-state index is 13.5. The zero-order chi connectivity index (χ0) is 30.4. The van der Waals surface area contributed by atoms with Gasteiger partial charge >= 0.3 is 0 Å². The van der Waals surface area contributed by atoms with E-state index < -0.39 is 11.7 Å². The van der Waals surface area contributed by atoms with Crippen molar-refractivity contribution in [1.82, 2.24) is 4.98 Å². The maximum Gasteiger partial charge on any atom is 0.296 e. The first-order chi connectivity index (χ1) is 20.7. The summed E-state index contributed by atoms with van der Waals surface area (Å²) in [5.41, 5.74) is 4.59. The van der Waals surface area contributed by atoms with Gasteiger partial charge in [-0.15, -0.1) is 0 Å². The van der Waals surface area contributed by atoms with Crippen LogP contribution in [0.3, 0.4) is 0 Å². The van der Waals surface area contributed by atoms with E-state index in [2.05, 4.69) is 53.8 Å². The number of fused-ring (bicyclic) bond motifs is 1. The number of nitrogens with zero attached hydrogens (tertiary/aromatic N) is 1. The molecule has 0 aliphatic rings. The Morgan fingerprint density at radius 3 is 2.30 bits per heavy atom. The van der Waals surface area contributed by atoms with Gasteiger partial charge in [0.25, 0.3) is 11.7 Å². The van der Waals surface area contributed by atoms with Crippen molar-refractivity contribution in [3.63, 3.8) is 0 Å². The summed E-state index contributed by atoms with van der Waals surface area (Å²) >= 11 is 0. The van der Waals surface area contributed by atoms with Crippen LogP contribution in [0.1, 0.15) is 42.3 Å². The number of ketones is 1. The monoisotopic (exact) mass is 572 g/mol. The molecule has 4 aromatic carbocycles. The molecule has 5 aromatic rings. The van der Waals surface area contributed by atoms with E-state index in [0.29, 0.717) is 22.4 Å². The zero-order valence-electron chi connectivity index (χ0n) is 24.9. The van der Waals surface area contributed by atoms with E-state index in [9.17, 15) is 9.59 Å². The maximum atomic E-state index is 13.5. The highest BCUT2D eigenvalue weighted by Crippen LogP contribution is 2.33. The number of carbonyl (C=O) groups is 2. The van der Waals surface area contributed by atoms with Crippen LogP contribution in [0.2, 0.25) is 0 Å². The summed E-state index contributed by atoms with van der Waals surface area (Å²) < 4.78 is 5.45. The van der Waals surface area contributed by atoms with Crippen LogP contribution in [0.15, 0.2) is 103 Å². The minimum atomic E-state index is -0.726. The minimum Gasteiger partial charge on any atom is -0.495 e. The summed E-state index contributed by atoms with van der Waals surface area (Å²) in [5.74, 6) is -0.0974. The van der Waals surface area contributed by atoms with Crippen molar-refractivity contribution in [3.05, 3.63) is 120 Å². The van der Waals surface area contributed by atoms with Crippen molar-refractivity contribution in [2.45, 2.75) is 32.6 Å². The third kappa shape index (κ3) is 7.01. The van der Waals surface area contributed by atoms with E-state index in [1.807, 2.05) is 72.8 Å². The van der Waals surface area contributed by atoms with Crippen molar-refractivity contribution in [3.8, 4) is 5.75 Å². The van der Waals surface area contributed by atoms with Gasteiger partial charge in [0.1, 0.15) is 11.6 Å². The van der Waals surface area contributed by atoms with Gasteiger partial charge < -0.3 is 20.7 Å². The molecule has 43 heavy (non-hydrogen) atoms. The molecule has 0 saturated heterocycles. The van der Waals surface area contributed by atoms with E-state index in [1.165, 1.54) is 12.7 Å². The van der Waals surface area contributed by atoms with Crippen LogP contribution in [0.5, 0.6) is 5.75 Å². The molecular weight excluding hydrogens is 536 g/mol. The number of rotatable bonds is 10. The van der Waals surface area contributed by atoms with E-state index in [1.54, 1.807) is 18.3 Å². The van der Waals surface area contributed by atoms with Gasteiger partial charge in [0.2, 0.25) is 0 Å². The molecule has 3 N–H and O–H groups in total. The van der Waals surface area contributed by atoms with Gasteiger partial charge in [0, 0.05) is 41.1 Å². The minimum absolute atomic E-state index is 0.136. The lowest BCUT2D eigenvalue weighted by atomic mass is 9.87. The molecule has 0 aliphatic heterocycles. The van der Waals surface area contributed by atoms with Crippen LogP contribution >= 0.6 is 0 Å². The lowest BCUT2D eigenvalue weighted by molar-refractivity contribution is -0.112. The predicted molar refractivity (Wildman–Crippen MR) is 175 cm³/mol. The number of Topliss-reactive ketones (excluding diaryl/α,β-unsaturated/α-hetero) is 1. The van der Waals surface area contributed by atoms with Crippen LogP contribution in [0.4, 0.5) is 22.9 Å². The Morgan fingerprint density at radius 1 is 0.814 bits per heavy atom. The number of ether oxygens (including phenoxy) is 1. The number of amides is 1. The number of aromatic nitrogens is 1. The van der Waals surface area contributed by atoms with Gasteiger partial charge in [-0.25, -0.2) is 4.98 Å². The van der Waals surface area contributed by atoms with Crippen molar-refractivity contribution in [2.75, 3.05) is 29.6 Å². The van der Waals surface area contributed by atoms with Gasteiger partial charge in [-0.1, -0.05) is 81.4 Å². The molecule has 1 heterocycles. The number of hydrogen-bond donors (Lipinski definition) is 3. The number of methoxy groups -OCH3 is 1. The summed E-state index contributed by atoms with van der Waals surface area (Å²) in [6, 6.07) is 30.8. The quantitative estimate of drug-likeness (QED) is 0.117. The lowest BCUT2D eigenvalue weighted by Gasteiger charge is -2.21. The fourth-order valence-electron chi connectivity index (χ4n) is 4.92. The summed E-state index contributed by atoms with van der Waals surface area (Å²) in [4.78, 5) is 31.1. The first kappa shape index (κ1) is 29.3. The van der Waals surface area contributed by atoms with E-state index in [4.69, 9.17) is 4.74 Å². The number of hydrogen-bond acceptors (Lipinski definition) is 6. The fraction of sp³-hybridized carbons (Fsp3) is 0.194. The van der Waals surface area contributed by atoms with E-state index in [0.717, 1.165) is 41.1 Å². The number of benzene rings is 4. The molecule has 0 bridgehead atoms. The number of anilines is 4. The van der Waals surface area contributed by atoms with Crippen molar-refractivity contribution >= 4 is 45.3 Å². The number of pyridine rings is 1. The third-order valence-electron chi connectivity index (χ3n) is 7.29. The lowest BCUT2D eigenvalue weighted by Crippen LogP contribution is -2.24. The standard InChI is InChI=1S/C36H36N4O3/c1-36(2,3)25-14-17-32(43-4)31(22-25)40-35(42)34(41)29-15-16-30(28-13-9-8-12-27(28)29)39-26-19-21-38-33(23-26)37-20-18-24-10-6-5-7-11-24/h5-17,19,21-23H,18,20H2,1-4H3,(H,40,42)(H2,37,38,39). The van der Waals surface area contributed by atoms with Crippen LogP contribution in [0.25, 0.3) is 10.8 Å². The van der Waals surface area contributed by atoms with Crippen molar-refractivity contribution < 1.29 is 14.3 Å². The Bertz CT molecular complexity index is 1760. The van der Waals surface area contributed by atoms with Gasteiger partial charge in [-0.3, -0.25) is 9.59 Å². The topological polar surface area (TPSA) is 92.3 Å². The Balaban J connectivity index is 1.34. The largest absolute Gasteiger partial charge is 0.495 e. The first-order valence-electron chi connectivity index (χ1n) is 14.3. The van der Waals surface area contributed by atoms with Crippen LogP contribution in [-0.2, 0) is 16.6 Å². The number of carbonyl (C=O) groups excluding carboxylic acids is 2. The van der Waals surface area contributed by atoms with E-state index >= 15 is 0 Å². The molecule has 7 nitrogen and oxygen atoms in total. The predicted octanol–water partition coefficient (Wildman–Crippen LogP) is 7.76. The second-order valence-electron chi connectivity index (χ2n) is 11.4. The second kappa shape index (κ2) is 12.8. The smallest absolute Gasteiger partial charge is 0.296 e. The third-order valence-corrected chi connectivity index (χ3v) is 7.29. The normalized spacial score (nSPS) is 11.2. The second-order valence-corrected chi connectivity index (χ2v) is 11.4. The highest BCUT2D eigenvalue weighted by atomic mass is 16.5. The molecule has 1 amide bonds. The molecule has 0 saturated carbocycles. The van der Waals surface area contributed by atoms with Crippen LogP contribution in [-0.4, -0.2) is 30.3 Å². The Labute approximate surface area is 252 Å². The van der Waals surface area contributed by atoms with Crippen molar-refractivity contribution in [2.24, 2.45) is 0 Å². The average Bonchev–Trinajstić information content (AvgIpc) is 3.01. The molecule has 5 rings (SSSR count). The molecule has 0 aliphatic carbocycles. The van der Waals surface area contributed by atoms with E-state index in [-0.39, 0.29) is 5.41 Å². The molecule has 218 valence electrons. The van der Waals surface area contributed by atoms with Gasteiger partial charge in [0.05, 0.1) is 12.8 Å². The molecule has 0 fully saturated rings. The first-order valence-corrected chi connectivity index (χ1v) is 14.3. The summed E-state index contributed by atoms with van der Waals surface area (Å²) in [5, 5.41) is 11.1. The Morgan fingerprint density at radius 2 is 1.56 bits per heavy atom. The van der Waals surface area contributed by atoms with Gasteiger partial charge in [-0.05, 0) is 58.7 Å². The van der Waals surface area contributed by atoms with Crippen LogP contribution in [0, 0.1) is 0 Å². The fourth-order valence-corrected chi connectivity index (χ4v) is 4.92. The molecule has 0 spiro atoms. The molecule has 7 heteroatoms. The Hall–Kier alpha value is -5.17. The zero-order valence-corrected chi connectivity index (χ0v) is 24.9. The Kier molecular flexibility index (Phi) is 8.71. The van der Waals surface area contributed by atoms with Crippen LogP contribution < -0.4 is 20.7 Å². The average molecular weight is 573 g/mol. The molecule has 0 radical (unpaired) electrons. The van der Waals surface area contributed by atoms with Gasteiger partial charge in [-0.2, -0.15) is 0 Å². The number of nitrogens with one attached hydrogen (secondary N) is 3. The highest BCUT2D eigenvalue weighted by molar-refractivity contribution is 6.48. The molecule has 0 atom stereocenters.